The Morgan fingerprint density at radius 1 is 1.71 bits per heavy atom. The molecule has 78 valence electrons. The van der Waals surface area contributed by atoms with Crippen molar-refractivity contribution in [1.82, 2.24) is 4.90 Å². The van der Waals surface area contributed by atoms with Crippen molar-refractivity contribution in [2.45, 2.75) is 19.4 Å². The highest BCUT2D eigenvalue weighted by Gasteiger charge is 2.12. The number of carbonyl (C=O) groups is 1. The van der Waals surface area contributed by atoms with Crippen LogP contribution >= 0.6 is 11.3 Å². The summed E-state index contributed by atoms with van der Waals surface area (Å²) in [4.78, 5) is 12.3. The van der Waals surface area contributed by atoms with Gasteiger partial charge in [-0.05, 0) is 42.8 Å². The van der Waals surface area contributed by atoms with Gasteiger partial charge < -0.3 is 5.11 Å². The molecule has 14 heavy (non-hydrogen) atoms. The first kappa shape index (κ1) is 11.2. The lowest BCUT2D eigenvalue weighted by Gasteiger charge is -2.22. The summed E-state index contributed by atoms with van der Waals surface area (Å²) in [5.74, 6) is -0.773. The topological polar surface area (TPSA) is 40.5 Å². The van der Waals surface area contributed by atoms with Gasteiger partial charge in [0.25, 0.3) is 0 Å². The summed E-state index contributed by atoms with van der Waals surface area (Å²) in [6.45, 7) is 2.14. The van der Waals surface area contributed by atoms with E-state index in [0.29, 0.717) is 0 Å². The second-order valence-corrected chi connectivity index (χ2v) is 4.27. The Morgan fingerprint density at radius 2 is 2.43 bits per heavy atom. The number of rotatable bonds is 5. The summed E-state index contributed by atoms with van der Waals surface area (Å²) in [5, 5.41) is 12.8. The fourth-order valence-electron chi connectivity index (χ4n) is 1.27. The van der Waals surface area contributed by atoms with Crippen molar-refractivity contribution in [2.75, 3.05) is 13.6 Å². The minimum atomic E-state index is -0.773. The zero-order valence-corrected chi connectivity index (χ0v) is 9.25. The Morgan fingerprint density at radius 3 is 2.93 bits per heavy atom. The molecule has 0 aliphatic heterocycles. The minimum absolute atomic E-state index is 0.102. The van der Waals surface area contributed by atoms with Crippen LogP contribution in [0, 0.1) is 0 Å². The van der Waals surface area contributed by atoms with E-state index in [1.807, 2.05) is 24.3 Å². The molecule has 0 bridgehead atoms. The van der Waals surface area contributed by atoms with Crippen molar-refractivity contribution >= 4 is 17.3 Å². The quantitative estimate of drug-likeness (QED) is 0.809. The van der Waals surface area contributed by atoms with Crippen molar-refractivity contribution < 1.29 is 9.90 Å². The van der Waals surface area contributed by atoms with E-state index in [2.05, 4.69) is 11.4 Å². The lowest BCUT2D eigenvalue weighted by Crippen LogP contribution is -2.35. The SMILES string of the molecule is CC(Cc1ccsc1)N(C)CC(=O)O. The molecule has 1 aromatic rings. The fourth-order valence-corrected chi connectivity index (χ4v) is 1.96. The Kier molecular flexibility index (Phi) is 4.10. The number of nitrogens with zero attached hydrogens (tertiary/aromatic N) is 1. The lowest BCUT2D eigenvalue weighted by molar-refractivity contribution is -0.138. The molecular weight excluding hydrogens is 198 g/mol. The smallest absolute Gasteiger partial charge is 0.317 e. The van der Waals surface area contributed by atoms with Gasteiger partial charge in [-0.1, -0.05) is 0 Å². The van der Waals surface area contributed by atoms with Crippen LogP contribution in [0.3, 0.4) is 0 Å². The molecule has 0 amide bonds. The molecule has 0 fully saturated rings. The first-order chi connectivity index (χ1) is 6.59. The maximum absolute atomic E-state index is 10.5. The summed E-state index contributed by atoms with van der Waals surface area (Å²) in [6, 6.07) is 2.34. The van der Waals surface area contributed by atoms with Gasteiger partial charge in [0.15, 0.2) is 0 Å². The van der Waals surface area contributed by atoms with Gasteiger partial charge in [0.05, 0.1) is 6.54 Å². The molecule has 4 heteroatoms. The number of hydrogen-bond donors (Lipinski definition) is 1. The predicted molar refractivity (Wildman–Crippen MR) is 57.8 cm³/mol. The Balaban J connectivity index is 2.41. The number of carboxylic acids is 1. The maximum atomic E-state index is 10.5. The van der Waals surface area contributed by atoms with Gasteiger partial charge in [0.2, 0.25) is 0 Å². The fraction of sp³-hybridized carbons (Fsp3) is 0.500. The van der Waals surface area contributed by atoms with E-state index in [9.17, 15) is 4.79 Å². The van der Waals surface area contributed by atoms with E-state index in [0.717, 1.165) is 6.42 Å². The van der Waals surface area contributed by atoms with Crippen LogP contribution in [-0.4, -0.2) is 35.6 Å². The van der Waals surface area contributed by atoms with Gasteiger partial charge in [-0.25, -0.2) is 0 Å². The highest BCUT2D eigenvalue weighted by atomic mass is 32.1. The van der Waals surface area contributed by atoms with Gasteiger partial charge in [-0.3, -0.25) is 9.69 Å². The van der Waals surface area contributed by atoms with Crippen molar-refractivity contribution in [3.63, 3.8) is 0 Å². The Hall–Kier alpha value is -0.870. The van der Waals surface area contributed by atoms with Gasteiger partial charge >= 0.3 is 5.97 Å². The van der Waals surface area contributed by atoms with Crippen LogP contribution in [-0.2, 0) is 11.2 Å². The molecule has 0 spiro atoms. The van der Waals surface area contributed by atoms with Gasteiger partial charge in [0.1, 0.15) is 0 Å². The summed E-state index contributed by atoms with van der Waals surface area (Å²) in [6.07, 6.45) is 0.910. The number of carboxylic acid groups (broad SMARTS) is 1. The third-order valence-corrected chi connectivity index (χ3v) is 2.98. The molecular formula is C10H15NO2S. The van der Waals surface area contributed by atoms with Gasteiger partial charge in [-0.2, -0.15) is 11.3 Å². The minimum Gasteiger partial charge on any atom is -0.480 e. The molecule has 0 radical (unpaired) electrons. The standard InChI is InChI=1S/C10H15NO2S/c1-8(11(2)6-10(12)13)5-9-3-4-14-7-9/h3-4,7-8H,5-6H2,1-2H3,(H,12,13). The molecule has 1 aromatic heterocycles. The largest absolute Gasteiger partial charge is 0.480 e. The average molecular weight is 213 g/mol. The van der Waals surface area contributed by atoms with Gasteiger partial charge in [0, 0.05) is 6.04 Å². The molecule has 1 atom stereocenters. The molecule has 0 aromatic carbocycles. The molecule has 0 saturated carbocycles. The molecule has 1 heterocycles. The zero-order valence-electron chi connectivity index (χ0n) is 8.43. The zero-order chi connectivity index (χ0) is 10.6. The number of hydrogen-bond acceptors (Lipinski definition) is 3. The van der Waals surface area contributed by atoms with Crippen LogP contribution in [0.1, 0.15) is 12.5 Å². The van der Waals surface area contributed by atoms with E-state index in [-0.39, 0.29) is 12.6 Å². The van der Waals surface area contributed by atoms with E-state index in [4.69, 9.17) is 5.11 Å². The van der Waals surface area contributed by atoms with E-state index < -0.39 is 5.97 Å². The van der Waals surface area contributed by atoms with Crippen molar-refractivity contribution in [3.8, 4) is 0 Å². The van der Waals surface area contributed by atoms with Crippen molar-refractivity contribution in [3.05, 3.63) is 22.4 Å². The molecule has 0 saturated heterocycles. The van der Waals surface area contributed by atoms with Gasteiger partial charge in [-0.15, -0.1) is 0 Å². The lowest BCUT2D eigenvalue weighted by atomic mass is 10.1. The van der Waals surface area contributed by atoms with E-state index in [1.54, 1.807) is 11.3 Å². The molecule has 0 aliphatic rings. The van der Waals surface area contributed by atoms with Crippen LogP contribution in [0.4, 0.5) is 0 Å². The predicted octanol–water partition coefficient (Wildman–Crippen LogP) is 1.70. The molecule has 1 N–H and O–H groups in total. The molecule has 1 rings (SSSR count). The van der Waals surface area contributed by atoms with Crippen LogP contribution < -0.4 is 0 Å². The second-order valence-electron chi connectivity index (χ2n) is 3.49. The van der Waals surface area contributed by atoms with Crippen molar-refractivity contribution in [2.24, 2.45) is 0 Å². The monoisotopic (exact) mass is 213 g/mol. The summed E-state index contributed by atoms with van der Waals surface area (Å²) < 4.78 is 0. The molecule has 1 unspecified atom stereocenters. The number of thiophene rings is 1. The third kappa shape index (κ3) is 3.47. The van der Waals surface area contributed by atoms with Crippen LogP contribution in [0.25, 0.3) is 0 Å². The highest BCUT2D eigenvalue weighted by Crippen LogP contribution is 2.10. The Bertz CT molecular complexity index is 284. The number of aliphatic carboxylic acids is 1. The Labute approximate surface area is 88.0 Å². The summed E-state index contributed by atoms with van der Waals surface area (Å²) in [7, 11) is 1.84. The van der Waals surface area contributed by atoms with E-state index in [1.165, 1.54) is 5.56 Å². The van der Waals surface area contributed by atoms with Crippen LogP contribution in [0.5, 0.6) is 0 Å². The molecule has 0 aliphatic carbocycles. The summed E-state index contributed by atoms with van der Waals surface area (Å²) in [5.41, 5.74) is 1.28. The van der Waals surface area contributed by atoms with Crippen LogP contribution in [0.15, 0.2) is 16.8 Å². The van der Waals surface area contributed by atoms with E-state index >= 15 is 0 Å². The van der Waals surface area contributed by atoms with Crippen molar-refractivity contribution in [1.29, 1.82) is 0 Å². The first-order valence-electron chi connectivity index (χ1n) is 4.52. The number of likely N-dealkylation sites (N-methyl/N-ethyl adjacent to an activating group) is 1. The van der Waals surface area contributed by atoms with Crippen LogP contribution in [0.2, 0.25) is 0 Å². The average Bonchev–Trinajstić information content (AvgIpc) is 2.55. The first-order valence-corrected chi connectivity index (χ1v) is 5.47. The molecule has 3 nitrogen and oxygen atoms in total. The second kappa shape index (κ2) is 5.12. The highest BCUT2D eigenvalue weighted by molar-refractivity contribution is 7.07. The normalized spacial score (nSPS) is 13.1. The summed E-state index contributed by atoms with van der Waals surface area (Å²) >= 11 is 1.67. The maximum Gasteiger partial charge on any atom is 0.317 e. The third-order valence-electron chi connectivity index (χ3n) is 2.25.